The number of esters is 1. The number of anilines is 1. The number of aliphatic hydroxyl groups is 1. The molecule has 50 heavy (non-hydrogen) atoms. The average Bonchev–Trinajstić information content (AvgIpc) is 3.51. The zero-order valence-corrected chi connectivity index (χ0v) is 29.3. The summed E-state index contributed by atoms with van der Waals surface area (Å²) in [6.45, 7) is 5.66. The Morgan fingerprint density at radius 3 is 2.38 bits per heavy atom. The number of nitrogens with zero attached hydrogens (tertiary/aromatic N) is 3. The van der Waals surface area contributed by atoms with E-state index in [-0.39, 0.29) is 37.3 Å². The van der Waals surface area contributed by atoms with E-state index in [1.165, 1.54) is 4.90 Å². The Kier molecular flexibility index (Phi) is 10.2. The van der Waals surface area contributed by atoms with Gasteiger partial charge in [0.2, 0.25) is 11.8 Å². The first-order valence-electron chi connectivity index (χ1n) is 17.4. The summed E-state index contributed by atoms with van der Waals surface area (Å²) in [6, 6.07) is 14.0. The van der Waals surface area contributed by atoms with Crippen LogP contribution in [-0.2, 0) is 28.7 Å². The molecule has 2 saturated heterocycles. The highest BCUT2D eigenvalue weighted by Crippen LogP contribution is 2.54. The van der Waals surface area contributed by atoms with Crippen molar-refractivity contribution in [2.24, 2.45) is 17.8 Å². The minimum Gasteiger partial charge on any atom is -0.497 e. The summed E-state index contributed by atoms with van der Waals surface area (Å²) in [5.74, 6) is -3.05. The lowest BCUT2D eigenvalue weighted by molar-refractivity contribution is -0.164. The third-order valence-electron chi connectivity index (χ3n) is 10.6. The normalized spacial score (nSPS) is 31.3. The van der Waals surface area contributed by atoms with E-state index in [1.807, 2.05) is 57.2 Å². The van der Waals surface area contributed by atoms with Crippen LogP contribution in [0.3, 0.4) is 0 Å². The predicted molar refractivity (Wildman–Crippen MR) is 186 cm³/mol. The van der Waals surface area contributed by atoms with Gasteiger partial charge in [-0.3, -0.25) is 19.2 Å². The van der Waals surface area contributed by atoms with Crippen molar-refractivity contribution in [1.29, 1.82) is 0 Å². The topological polar surface area (TPSA) is 126 Å². The summed E-state index contributed by atoms with van der Waals surface area (Å²) in [5.41, 5.74) is -0.214. The van der Waals surface area contributed by atoms with Gasteiger partial charge in [0.15, 0.2) is 0 Å². The summed E-state index contributed by atoms with van der Waals surface area (Å²) < 4.78 is 18.5. The number of amides is 3. The summed E-state index contributed by atoms with van der Waals surface area (Å²) >= 11 is 0. The van der Waals surface area contributed by atoms with Gasteiger partial charge < -0.3 is 34.0 Å². The first-order valence-corrected chi connectivity index (χ1v) is 17.4. The maximum absolute atomic E-state index is 14.9. The summed E-state index contributed by atoms with van der Waals surface area (Å²) in [5, 5.41) is 10.7. The number of carbonyl (C=O) groups is 4. The molecule has 8 atom stereocenters. The second kappa shape index (κ2) is 14.4. The van der Waals surface area contributed by atoms with E-state index in [1.54, 1.807) is 66.5 Å². The molecule has 266 valence electrons. The molecule has 0 aromatic heterocycles. The molecule has 2 aromatic rings. The minimum absolute atomic E-state index is 0.0962. The van der Waals surface area contributed by atoms with E-state index in [0.717, 1.165) is 0 Å². The number of likely N-dealkylation sites (tertiary alicyclic amines) is 1. The number of methoxy groups -OCH3 is 1. The van der Waals surface area contributed by atoms with E-state index >= 15 is 0 Å². The van der Waals surface area contributed by atoms with Crippen LogP contribution in [0.4, 0.5) is 5.69 Å². The van der Waals surface area contributed by atoms with Crippen molar-refractivity contribution in [1.82, 2.24) is 9.80 Å². The van der Waals surface area contributed by atoms with Gasteiger partial charge in [0, 0.05) is 25.7 Å². The van der Waals surface area contributed by atoms with Crippen molar-refractivity contribution < 1.29 is 38.5 Å². The maximum Gasteiger partial charge on any atom is 0.313 e. The number of rotatable bonds is 7. The van der Waals surface area contributed by atoms with Gasteiger partial charge in [-0.15, -0.1) is 0 Å². The number of aliphatic hydroxyl groups excluding tert-OH is 1. The van der Waals surface area contributed by atoms with Crippen LogP contribution in [0.15, 0.2) is 78.9 Å². The van der Waals surface area contributed by atoms with E-state index in [2.05, 4.69) is 0 Å². The molecule has 4 aliphatic rings. The Morgan fingerprint density at radius 2 is 1.72 bits per heavy atom. The van der Waals surface area contributed by atoms with Crippen LogP contribution in [0.5, 0.6) is 5.75 Å². The van der Waals surface area contributed by atoms with Gasteiger partial charge in [-0.05, 0) is 55.5 Å². The van der Waals surface area contributed by atoms with Gasteiger partial charge >= 0.3 is 5.97 Å². The zero-order valence-electron chi connectivity index (χ0n) is 29.3. The second-order valence-electron chi connectivity index (χ2n) is 14.1. The van der Waals surface area contributed by atoms with Crippen molar-refractivity contribution in [3.63, 3.8) is 0 Å². The van der Waals surface area contributed by atoms with E-state index in [4.69, 9.17) is 14.2 Å². The highest BCUT2D eigenvalue weighted by molar-refractivity contribution is 6.05. The molecule has 3 amide bonds. The van der Waals surface area contributed by atoms with Crippen LogP contribution in [0.25, 0.3) is 0 Å². The molecule has 11 nitrogen and oxygen atoms in total. The summed E-state index contributed by atoms with van der Waals surface area (Å²) in [4.78, 5) is 62.3. The first-order chi connectivity index (χ1) is 24.0. The predicted octanol–water partition coefficient (Wildman–Crippen LogP) is 4.07. The second-order valence-corrected chi connectivity index (χ2v) is 14.1. The molecule has 2 aromatic carbocycles. The highest BCUT2D eigenvalue weighted by atomic mass is 16.6. The average molecular weight is 686 g/mol. The molecule has 6 rings (SSSR count). The number of ether oxygens (including phenoxy) is 3. The molecular weight excluding hydrogens is 638 g/mol. The molecule has 2 fully saturated rings. The van der Waals surface area contributed by atoms with Crippen LogP contribution >= 0.6 is 0 Å². The SMILES string of the molecule is COc1ccc(N2CC=C[C@@]34O[C@H]5/C=C\CCC(=O)N(C)[C@@H](C)[C@H](c6ccccc6)OC(=O)[C@H]5[C@@H]3C(=O)N([C@@H](CO)CC(C)C)[C@H]4C2=O)cc1. The van der Waals surface area contributed by atoms with E-state index < -0.39 is 59.6 Å². The summed E-state index contributed by atoms with van der Waals surface area (Å²) in [6.07, 6.45) is 6.44. The first kappa shape index (κ1) is 35.3. The quantitative estimate of drug-likeness (QED) is 0.342. The number of likely N-dealkylation sites (N-methyl/N-ethyl adjacent to an activating group) is 1. The van der Waals surface area contributed by atoms with Crippen molar-refractivity contribution in [3.8, 4) is 5.75 Å². The number of fused-ring (bicyclic) bond motifs is 2. The molecule has 4 heterocycles. The molecule has 0 bridgehead atoms. The molecule has 1 spiro atoms. The Morgan fingerprint density at radius 1 is 1.00 bits per heavy atom. The van der Waals surface area contributed by atoms with Crippen molar-refractivity contribution in [2.75, 3.05) is 32.2 Å². The molecule has 11 heteroatoms. The van der Waals surface area contributed by atoms with Gasteiger partial charge in [0.25, 0.3) is 5.91 Å². The zero-order chi connectivity index (χ0) is 35.7. The van der Waals surface area contributed by atoms with E-state index in [0.29, 0.717) is 29.8 Å². The Labute approximate surface area is 293 Å². The molecule has 0 unspecified atom stereocenters. The number of benzene rings is 2. The van der Waals surface area contributed by atoms with Gasteiger partial charge in [-0.1, -0.05) is 68.5 Å². The lowest BCUT2D eigenvalue weighted by atomic mass is 9.77. The fourth-order valence-corrected chi connectivity index (χ4v) is 8.04. The third kappa shape index (κ3) is 6.21. The fraction of sp³-hybridized carbons (Fsp3) is 0.487. The minimum atomic E-state index is -1.53. The molecule has 0 saturated carbocycles. The van der Waals surface area contributed by atoms with E-state index in [9.17, 15) is 24.3 Å². The standard InChI is InChI=1S/C39H47N3O8/c1-24(2)22-28(23-43)42-35-37(46)41(27-16-18-29(48-5)19-17-27)21-11-20-39(35)33(36(42)45)32-30(50-39)14-9-10-15-31(44)40(4)25(3)34(49-38(32)47)26-12-7-6-8-13-26/h6-9,11-14,16-20,24-25,28,30,32-35,43H,10,15,21-23H2,1-5H3/b14-9-/t25-,28+,30-,32+,33+,34+,35-,39+/m0/s1. The van der Waals surface area contributed by atoms with Gasteiger partial charge in [-0.25, -0.2) is 0 Å². The Bertz CT molecular complexity index is 1640. The van der Waals surface area contributed by atoms with Crippen LogP contribution < -0.4 is 9.64 Å². The van der Waals surface area contributed by atoms with Gasteiger partial charge in [0.05, 0.1) is 37.8 Å². The number of cyclic esters (lactones) is 1. The smallest absolute Gasteiger partial charge is 0.313 e. The Balaban J connectivity index is 1.47. The largest absolute Gasteiger partial charge is 0.497 e. The van der Waals surface area contributed by atoms with Crippen LogP contribution in [0.1, 0.15) is 51.7 Å². The van der Waals surface area contributed by atoms with Crippen molar-refractivity contribution >= 4 is 29.4 Å². The highest BCUT2D eigenvalue weighted by Gasteiger charge is 2.72. The fourth-order valence-electron chi connectivity index (χ4n) is 8.04. The van der Waals surface area contributed by atoms with Crippen molar-refractivity contribution in [3.05, 3.63) is 84.5 Å². The number of carbonyl (C=O) groups excluding carboxylic acids is 4. The summed E-state index contributed by atoms with van der Waals surface area (Å²) in [7, 11) is 3.27. The van der Waals surface area contributed by atoms with Crippen molar-refractivity contribution in [2.45, 2.75) is 76.0 Å². The lowest BCUT2D eigenvalue weighted by Gasteiger charge is -2.39. The maximum atomic E-state index is 14.9. The third-order valence-corrected chi connectivity index (χ3v) is 10.6. The lowest BCUT2D eigenvalue weighted by Crippen LogP contribution is -2.58. The molecule has 4 aliphatic heterocycles. The van der Waals surface area contributed by atoms with Crippen LogP contribution in [-0.4, -0.2) is 95.7 Å². The molecule has 0 aliphatic carbocycles. The number of allylic oxidation sites excluding steroid dienone is 1. The molecule has 1 N–H and O–H groups in total. The molecular formula is C39H47N3O8. The van der Waals surface area contributed by atoms with Gasteiger partial charge in [0.1, 0.15) is 29.4 Å². The monoisotopic (exact) mass is 685 g/mol. The van der Waals surface area contributed by atoms with Gasteiger partial charge in [-0.2, -0.15) is 0 Å². The Hall–Kier alpha value is -4.48. The number of hydrogen-bond donors (Lipinski definition) is 1. The molecule has 0 radical (unpaired) electrons. The number of hydrogen-bond acceptors (Lipinski definition) is 8. The van der Waals surface area contributed by atoms with Crippen LogP contribution in [0.2, 0.25) is 0 Å². The van der Waals surface area contributed by atoms with Crippen LogP contribution in [0, 0.1) is 17.8 Å².